The molecular formula is C14H27NO4. The summed E-state index contributed by atoms with van der Waals surface area (Å²) in [7, 11) is 1.58. The second-order valence-corrected chi connectivity index (χ2v) is 5.57. The Morgan fingerprint density at radius 1 is 1.42 bits per heavy atom. The molecule has 5 nitrogen and oxygen atoms in total. The number of aliphatic hydroxyl groups is 1. The van der Waals surface area contributed by atoms with E-state index >= 15 is 0 Å². The van der Waals surface area contributed by atoms with E-state index in [9.17, 15) is 9.90 Å². The van der Waals surface area contributed by atoms with Crippen LogP contribution in [0, 0.1) is 0 Å². The first kappa shape index (κ1) is 17.9. The number of ether oxygens (including phenoxy) is 2. The van der Waals surface area contributed by atoms with Crippen molar-refractivity contribution in [3.63, 3.8) is 0 Å². The smallest absolute Gasteiger partial charge is 0.407 e. The number of hydrogen-bond acceptors (Lipinski definition) is 4. The quantitative estimate of drug-likeness (QED) is 0.698. The first-order valence-corrected chi connectivity index (χ1v) is 6.52. The summed E-state index contributed by atoms with van der Waals surface area (Å²) in [4.78, 5) is 11.7. The molecule has 0 radical (unpaired) electrons. The Kier molecular flexibility index (Phi) is 7.71. The minimum atomic E-state index is -0.577. The normalized spacial score (nSPS) is 16.3. The summed E-state index contributed by atoms with van der Waals surface area (Å²) in [5.41, 5.74) is -0.536. The highest BCUT2D eigenvalue weighted by molar-refractivity contribution is 5.68. The van der Waals surface area contributed by atoms with Crippen LogP contribution >= 0.6 is 0 Å². The largest absolute Gasteiger partial charge is 0.444 e. The van der Waals surface area contributed by atoms with Crippen molar-refractivity contribution < 1.29 is 19.4 Å². The van der Waals surface area contributed by atoms with Gasteiger partial charge in [0.15, 0.2) is 0 Å². The topological polar surface area (TPSA) is 67.8 Å². The highest BCUT2D eigenvalue weighted by Gasteiger charge is 2.23. The lowest BCUT2D eigenvalue weighted by molar-refractivity contribution is 0.0345. The van der Waals surface area contributed by atoms with Crippen LogP contribution in [-0.2, 0) is 9.47 Å². The molecule has 1 unspecified atom stereocenters. The fourth-order valence-electron chi connectivity index (χ4n) is 1.52. The number of alkyl carbamates (subject to hydrolysis) is 1. The van der Waals surface area contributed by atoms with E-state index < -0.39 is 17.8 Å². The third kappa shape index (κ3) is 8.61. The molecule has 0 heterocycles. The molecule has 0 aliphatic rings. The maximum Gasteiger partial charge on any atom is 0.407 e. The first-order chi connectivity index (χ1) is 8.69. The van der Waals surface area contributed by atoms with Gasteiger partial charge in [0.25, 0.3) is 0 Å². The molecule has 112 valence electrons. The Bertz CT molecular complexity index is 286. The van der Waals surface area contributed by atoms with Gasteiger partial charge in [0.2, 0.25) is 0 Å². The van der Waals surface area contributed by atoms with E-state index in [1.54, 1.807) is 7.11 Å². The lowest BCUT2D eigenvalue weighted by Crippen LogP contribution is -2.45. The van der Waals surface area contributed by atoms with Crippen molar-refractivity contribution >= 4 is 6.09 Å². The number of hydrogen-bond donors (Lipinski definition) is 2. The van der Waals surface area contributed by atoms with Gasteiger partial charge in [-0.05, 0) is 40.5 Å². The molecule has 0 aromatic carbocycles. The fourth-order valence-corrected chi connectivity index (χ4v) is 1.52. The van der Waals surface area contributed by atoms with Gasteiger partial charge in [0.05, 0.1) is 18.2 Å². The molecule has 3 atom stereocenters. The molecule has 0 rings (SSSR count). The van der Waals surface area contributed by atoms with Crippen molar-refractivity contribution in [3.8, 4) is 0 Å². The zero-order valence-electron chi connectivity index (χ0n) is 12.6. The summed E-state index contributed by atoms with van der Waals surface area (Å²) in [5, 5.41) is 12.3. The Balaban J connectivity index is 4.42. The number of carbonyl (C=O) groups excluding carboxylic acids is 1. The number of nitrogens with one attached hydrogen (secondary N) is 1. The third-order valence-corrected chi connectivity index (χ3v) is 2.69. The van der Waals surface area contributed by atoms with Crippen LogP contribution in [0.4, 0.5) is 4.79 Å². The molecule has 0 saturated carbocycles. The Hall–Kier alpha value is -1.07. The average molecular weight is 273 g/mol. The van der Waals surface area contributed by atoms with E-state index in [0.29, 0.717) is 12.8 Å². The number of methoxy groups -OCH3 is 1. The van der Waals surface area contributed by atoms with E-state index in [4.69, 9.17) is 9.47 Å². The van der Waals surface area contributed by atoms with Crippen molar-refractivity contribution in [1.82, 2.24) is 5.32 Å². The highest BCUT2D eigenvalue weighted by atomic mass is 16.6. The summed E-state index contributed by atoms with van der Waals surface area (Å²) in [6.07, 6.45) is 1.35. The minimum absolute atomic E-state index is 0.162. The molecule has 0 aliphatic heterocycles. The molecule has 19 heavy (non-hydrogen) atoms. The highest BCUT2D eigenvalue weighted by Crippen LogP contribution is 2.11. The Labute approximate surface area is 116 Å². The molecule has 0 aliphatic carbocycles. The maximum atomic E-state index is 11.7. The van der Waals surface area contributed by atoms with Gasteiger partial charge in [0, 0.05) is 7.11 Å². The first-order valence-electron chi connectivity index (χ1n) is 6.52. The zero-order chi connectivity index (χ0) is 15.1. The molecule has 2 N–H and O–H groups in total. The lowest BCUT2D eigenvalue weighted by Gasteiger charge is -2.27. The second kappa shape index (κ2) is 8.17. The predicted octanol–water partition coefficient (Wildman–Crippen LogP) is 2.24. The molecular weight excluding hydrogens is 246 g/mol. The number of aliphatic hydroxyl groups excluding tert-OH is 1. The lowest BCUT2D eigenvalue weighted by atomic mass is 10.0. The van der Waals surface area contributed by atoms with Gasteiger partial charge >= 0.3 is 6.09 Å². The zero-order valence-corrected chi connectivity index (χ0v) is 12.6. The van der Waals surface area contributed by atoms with E-state index in [1.165, 1.54) is 6.08 Å². The van der Waals surface area contributed by atoms with Gasteiger partial charge in [-0.15, -0.1) is 6.58 Å². The molecule has 0 saturated heterocycles. The van der Waals surface area contributed by atoms with Crippen molar-refractivity contribution in [3.05, 3.63) is 12.7 Å². The van der Waals surface area contributed by atoms with Crippen LogP contribution in [0.1, 0.15) is 40.5 Å². The Morgan fingerprint density at radius 3 is 2.42 bits per heavy atom. The monoisotopic (exact) mass is 273 g/mol. The third-order valence-electron chi connectivity index (χ3n) is 2.69. The fraction of sp³-hybridized carbons (Fsp3) is 0.786. The van der Waals surface area contributed by atoms with Crippen LogP contribution in [0.3, 0.4) is 0 Å². The van der Waals surface area contributed by atoms with Gasteiger partial charge in [-0.2, -0.15) is 0 Å². The number of amides is 1. The van der Waals surface area contributed by atoms with E-state index in [0.717, 1.165) is 0 Å². The van der Waals surface area contributed by atoms with Crippen LogP contribution in [0.25, 0.3) is 0 Å². The molecule has 1 amide bonds. The van der Waals surface area contributed by atoms with Crippen LogP contribution < -0.4 is 5.32 Å². The van der Waals surface area contributed by atoms with Crippen LogP contribution in [0.15, 0.2) is 12.7 Å². The molecule has 0 aromatic rings. The predicted molar refractivity (Wildman–Crippen MR) is 75.1 cm³/mol. The van der Waals surface area contributed by atoms with Crippen molar-refractivity contribution in [1.29, 1.82) is 0 Å². The summed E-state index contributed by atoms with van der Waals surface area (Å²) in [6, 6.07) is -0.213. The van der Waals surface area contributed by atoms with Crippen LogP contribution in [0.2, 0.25) is 0 Å². The van der Waals surface area contributed by atoms with E-state index in [-0.39, 0.29) is 12.1 Å². The van der Waals surface area contributed by atoms with Crippen LogP contribution in [0.5, 0.6) is 0 Å². The van der Waals surface area contributed by atoms with Crippen molar-refractivity contribution in [2.75, 3.05) is 7.11 Å². The standard InChI is InChI=1S/C14H27NO4/c1-7-11(16)8-9-12(10(2)18-6)15-13(17)19-14(3,4)5/h7,10-12,16H,1,8-9H2,2-6H3,(H,15,17)/t10-,11?,12-/m1/s1. The molecule has 0 aromatic heterocycles. The SMILES string of the molecule is C=CC(O)CC[C@@H](NC(=O)OC(C)(C)C)[C@@H](C)OC. The Morgan fingerprint density at radius 2 is 2.00 bits per heavy atom. The minimum Gasteiger partial charge on any atom is -0.444 e. The maximum absolute atomic E-state index is 11.7. The summed E-state index contributed by atoms with van der Waals surface area (Å²) in [5.74, 6) is 0. The van der Waals surface area contributed by atoms with Gasteiger partial charge in [-0.3, -0.25) is 0 Å². The summed E-state index contributed by atoms with van der Waals surface area (Å²) < 4.78 is 10.4. The van der Waals surface area contributed by atoms with Gasteiger partial charge in [-0.1, -0.05) is 6.08 Å². The van der Waals surface area contributed by atoms with Crippen molar-refractivity contribution in [2.24, 2.45) is 0 Å². The van der Waals surface area contributed by atoms with E-state index in [2.05, 4.69) is 11.9 Å². The molecule has 0 bridgehead atoms. The van der Waals surface area contributed by atoms with Gasteiger partial charge < -0.3 is 19.9 Å². The number of carbonyl (C=O) groups is 1. The van der Waals surface area contributed by atoms with Crippen molar-refractivity contribution in [2.45, 2.75) is 64.4 Å². The van der Waals surface area contributed by atoms with Gasteiger partial charge in [-0.25, -0.2) is 4.79 Å². The average Bonchev–Trinajstić information content (AvgIpc) is 2.30. The number of rotatable bonds is 7. The molecule has 0 spiro atoms. The summed E-state index contributed by atoms with van der Waals surface area (Å²) in [6.45, 7) is 10.8. The van der Waals surface area contributed by atoms with Crippen LogP contribution in [-0.4, -0.2) is 42.2 Å². The second-order valence-electron chi connectivity index (χ2n) is 5.57. The summed E-state index contributed by atoms with van der Waals surface area (Å²) >= 11 is 0. The molecule has 5 heteroatoms. The molecule has 0 fully saturated rings. The van der Waals surface area contributed by atoms with Gasteiger partial charge in [0.1, 0.15) is 5.60 Å². The van der Waals surface area contributed by atoms with E-state index in [1.807, 2.05) is 27.7 Å².